The molecular weight excluding hydrogens is 394 g/mol. The van der Waals surface area contributed by atoms with Gasteiger partial charge in [-0.25, -0.2) is 0 Å². The van der Waals surface area contributed by atoms with Crippen molar-refractivity contribution < 1.29 is 25.2 Å². The summed E-state index contributed by atoms with van der Waals surface area (Å²) in [7, 11) is 0. The average molecular weight is 444 g/mol. The quantitative estimate of drug-likeness (QED) is 0.136. The Labute approximate surface area is 190 Å². The van der Waals surface area contributed by atoms with Gasteiger partial charge in [-0.05, 0) is 32.1 Å². The van der Waals surface area contributed by atoms with Crippen LogP contribution in [0.2, 0.25) is 0 Å². The molecule has 0 aliphatic carbocycles. The van der Waals surface area contributed by atoms with Crippen molar-refractivity contribution in [3.8, 4) is 0 Å². The molecule has 0 heterocycles. The SMILES string of the molecule is CCC/C=C/CCCC(O)C(O)C(CO)NC(=O)C(O)CCCCCCCCCCC. The van der Waals surface area contributed by atoms with Crippen molar-refractivity contribution in [3.63, 3.8) is 0 Å². The predicted octanol–water partition coefficient (Wildman–Crippen LogP) is 3.99. The number of aliphatic hydroxyl groups excluding tert-OH is 4. The fourth-order valence-corrected chi connectivity index (χ4v) is 3.58. The highest BCUT2D eigenvalue weighted by molar-refractivity contribution is 5.80. The van der Waals surface area contributed by atoms with Gasteiger partial charge in [0.1, 0.15) is 12.2 Å². The van der Waals surface area contributed by atoms with Gasteiger partial charge >= 0.3 is 0 Å². The van der Waals surface area contributed by atoms with Gasteiger partial charge in [-0.15, -0.1) is 0 Å². The van der Waals surface area contributed by atoms with E-state index in [0.29, 0.717) is 19.3 Å². The molecule has 1 amide bonds. The van der Waals surface area contributed by atoms with Gasteiger partial charge in [0.05, 0.1) is 18.8 Å². The smallest absolute Gasteiger partial charge is 0.249 e. The third-order valence-corrected chi connectivity index (χ3v) is 5.71. The number of rotatable bonds is 21. The van der Waals surface area contributed by atoms with Gasteiger partial charge < -0.3 is 25.7 Å². The summed E-state index contributed by atoms with van der Waals surface area (Å²) in [5.74, 6) is -0.604. The van der Waals surface area contributed by atoms with Crippen LogP contribution in [-0.4, -0.2) is 57.3 Å². The average Bonchev–Trinajstić information content (AvgIpc) is 2.77. The summed E-state index contributed by atoms with van der Waals surface area (Å²) in [4.78, 5) is 12.2. The maximum absolute atomic E-state index is 12.2. The lowest BCUT2D eigenvalue weighted by molar-refractivity contribution is -0.132. The molecule has 4 atom stereocenters. The molecule has 0 aliphatic heterocycles. The number of carbonyl (C=O) groups is 1. The second-order valence-corrected chi connectivity index (χ2v) is 8.68. The lowest BCUT2D eigenvalue weighted by Crippen LogP contribution is -2.53. The van der Waals surface area contributed by atoms with Crippen LogP contribution in [0.25, 0.3) is 0 Å². The minimum atomic E-state index is -1.27. The zero-order valence-corrected chi connectivity index (χ0v) is 20.0. The summed E-state index contributed by atoms with van der Waals surface area (Å²) >= 11 is 0. The normalized spacial score (nSPS) is 15.7. The number of aliphatic hydroxyl groups is 4. The molecule has 0 aliphatic rings. The number of carbonyl (C=O) groups excluding carboxylic acids is 1. The Morgan fingerprint density at radius 2 is 1.35 bits per heavy atom. The molecule has 0 fully saturated rings. The van der Waals surface area contributed by atoms with Crippen molar-refractivity contribution in [3.05, 3.63) is 12.2 Å². The number of hydrogen-bond donors (Lipinski definition) is 5. The molecule has 0 aromatic heterocycles. The van der Waals surface area contributed by atoms with Crippen molar-refractivity contribution in [2.24, 2.45) is 0 Å². The molecule has 0 bridgehead atoms. The van der Waals surface area contributed by atoms with Crippen molar-refractivity contribution in [1.82, 2.24) is 5.32 Å². The number of amides is 1. The Morgan fingerprint density at radius 1 is 0.774 bits per heavy atom. The topological polar surface area (TPSA) is 110 Å². The summed E-state index contributed by atoms with van der Waals surface area (Å²) in [6, 6.07) is -0.990. The van der Waals surface area contributed by atoms with E-state index in [9.17, 15) is 25.2 Å². The van der Waals surface area contributed by atoms with E-state index in [1.165, 1.54) is 38.5 Å². The summed E-state index contributed by atoms with van der Waals surface area (Å²) in [5.41, 5.74) is 0. The third-order valence-electron chi connectivity index (χ3n) is 5.71. The molecule has 0 aromatic rings. The van der Waals surface area contributed by atoms with Gasteiger partial charge in [-0.2, -0.15) is 0 Å². The summed E-state index contributed by atoms with van der Waals surface area (Å²) in [6.45, 7) is 3.83. The lowest BCUT2D eigenvalue weighted by atomic mass is 10.00. The highest BCUT2D eigenvalue weighted by atomic mass is 16.3. The Bertz CT molecular complexity index is 444. The van der Waals surface area contributed by atoms with Crippen LogP contribution in [0.1, 0.15) is 110 Å². The Hall–Kier alpha value is -0.950. The van der Waals surface area contributed by atoms with E-state index in [2.05, 4.69) is 31.3 Å². The van der Waals surface area contributed by atoms with E-state index >= 15 is 0 Å². The predicted molar refractivity (Wildman–Crippen MR) is 127 cm³/mol. The van der Waals surface area contributed by atoms with Crippen LogP contribution < -0.4 is 5.32 Å². The number of allylic oxidation sites excluding steroid dienone is 2. The number of nitrogens with one attached hydrogen (secondary N) is 1. The maximum atomic E-state index is 12.2. The fourth-order valence-electron chi connectivity index (χ4n) is 3.58. The maximum Gasteiger partial charge on any atom is 0.249 e. The largest absolute Gasteiger partial charge is 0.394 e. The third kappa shape index (κ3) is 16.4. The molecule has 6 nitrogen and oxygen atoms in total. The Kier molecular flexibility index (Phi) is 20.3. The highest BCUT2D eigenvalue weighted by Crippen LogP contribution is 2.13. The first kappa shape index (κ1) is 30.0. The zero-order valence-electron chi connectivity index (χ0n) is 20.0. The van der Waals surface area contributed by atoms with Crippen LogP contribution in [0.4, 0.5) is 0 Å². The van der Waals surface area contributed by atoms with Gasteiger partial charge in [0, 0.05) is 0 Å². The Morgan fingerprint density at radius 3 is 1.94 bits per heavy atom. The number of unbranched alkanes of at least 4 members (excludes halogenated alkanes) is 10. The molecule has 0 saturated carbocycles. The monoisotopic (exact) mass is 443 g/mol. The van der Waals surface area contributed by atoms with Gasteiger partial charge in [0.2, 0.25) is 5.91 Å². The van der Waals surface area contributed by atoms with Crippen LogP contribution in [0.5, 0.6) is 0 Å². The fraction of sp³-hybridized carbons (Fsp3) is 0.880. The van der Waals surface area contributed by atoms with Crippen LogP contribution >= 0.6 is 0 Å². The molecular formula is C25H49NO5. The summed E-state index contributed by atoms with van der Waals surface area (Å²) in [5, 5.41) is 42.5. The molecule has 5 N–H and O–H groups in total. The molecule has 0 aromatic carbocycles. The molecule has 184 valence electrons. The van der Waals surface area contributed by atoms with Gasteiger partial charge in [-0.3, -0.25) is 4.79 Å². The van der Waals surface area contributed by atoms with Crippen molar-refractivity contribution in [1.29, 1.82) is 0 Å². The molecule has 0 rings (SSSR count). The molecule has 0 saturated heterocycles. The second-order valence-electron chi connectivity index (χ2n) is 8.68. The summed E-state index contributed by atoms with van der Waals surface area (Å²) in [6.07, 6.45) is 15.6. The van der Waals surface area contributed by atoms with E-state index in [1.807, 2.05) is 0 Å². The first-order chi connectivity index (χ1) is 15.0. The van der Waals surface area contributed by atoms with Gasteiger partial charge in [-0.1, -0.05) is 90.2 Å². The molecule has 6 heteroatoms. The van der Waals surface area contributed by atoms with E-state index in [0.717, 1.165) is 38.5 Å². The number of hydrogen-bond acceptors (Lipinski definition) is 5. The lowest BCUT2D eigenvalue weighted by Gasteiger charge is -2.27. The van der Waals surface area contributed by atoms with E-state index in [1.54, 1.807) is 0 Å². The van der Waals surface area contributed by atoms with Crippen LogP contribution in [-0.2, 0) is 4.79 Å². The van der Waals surface area contributed by atoms with Crippen LogP contribution in [0.3, 0.4) is 0 Å². The minimum absolute atomic E-state index is 0.364. The van der Waals surface area contributed by atoms with Crippen molar-refractivity contribution in [2.75, 3.05) is 6.61 Å². The molecule has 31 heavy (non-hydrogen) atoms. The summed E-state index contributed by atoms with van der Waals surface area (Å²) < 4.78 is 0. The molecule has 0 spiro atoms. The van der Waals surface area contributed by atoms with Crippen molar-refractivity contribution >= 4 is 5.91 Å². The first-order valence-corrected chi connectivity index (χ1v) is 12.6. The van der Waals surface area contributed by atoms with E-state index in [-0.39, 0.29) is 0 Å². The molecule has 4 unspecified atom stereocenters. The van der Waals surface area contributed by atoms with Gasteiger partial charge in [0.25, 0.3) is 0 Å². The zero-order chi connectivity index (χ0) is 23.3. The van der Waals surface area contributed by atoms with E-state index < -0.39 is 36.9 Å². The van der Waals surface area contributed by atoms with Crippen molar-refractivity contribution in [2.45, 2.75) is 135 Å². The molecule has 0 radical (unpaired) electrons. The highest BCUT2D eigenvalue weighted by Gasteiger charge is 2.28. The Balaban J connectivity index is 4.05. The van der Waals surface area contributed by atoms with E-state index in [4.69, 9.17) is 0 Å². The minimum Gasteiger partial charge on any atom is -0.394 e. The standard InChI is InChI=1S/C25H49NO5/c1-3-5-7-9-11-12-13-15-17-19-23(29)25(31)26-21(20-27)24(30)22(28)18-16-14-10-8-6-4-2/h8,10,21-24,27-30H,3-7,9,11-20H2,1-2H3,(H,26,31)/b10-8+. The second kappa shape index (κ2) is 20.9. The van der Waals surface area contributed by atoms with Gasteiger partial charge in [0.15, 0.2) is 0 Å². The van der Waals surface area contributed by atoms with Crippen LogP contribution in [0, 0.1) is 0 Å². The first-order valence-electron chi connectivity index (χ1n) is 12.6. The van der Waals surface area contributed by atoms with Crippen LogP contribution in [0.15, 0.2) is 12.2 Å².